The molecule has 0 N–H and O–H groups in total. The molecule has 1 unspecified atom stereocenters. The maximum absolute atomic E-state index is 13.2. The first-order valence-electron chi connectivity index (χ1n) is 12.6. The first kappa shape index (κ1) is 30.9. The van der Waals surface area contributed by atoms with Crippen molar-refractivity contribution in [3.63, 3.8) is 0 Å². The van der Waals surface area contributed by atoms with E-state index in [9.17, 15) is 31.1 Å². The molecule has 0 fully saturated rings. The standard InChI is InChI=1S/C29H30F6O5/c1-4-6-7-8-19-9-12-22(25(13-19)40-29(33,34)35)24-14-20-10-11-21(15-23(20)39-24)37-17-27(3,16-28(30,31)32)18-38-26(36)5-2/h5,9-15H,2,4,6-8,16-18H2,1,3H3. The fourth-order valence-electron chi connectivity index (χ4n) is 4.14. The minimum absolute atomic E-state index is 0.0945. The van der Waals surface area contributed by atoms with E-state index in [2.05, 4.69) is 11.3 Å². The van der Waals surface area contributed by atoms with Gasteiger partial charge in [0.25, 0.3) is 0 Å². The highest BCUT2D eigenvalue weighted by atomic mass is 19.4. The van der Waals surface area contributed by atoms with Crippen molar-refractivity contribution >= 4 is 16.9 Å². The Bertz CT molecular complexity index is 1310. The molecule has 0 aliphatic heterocycles. The van der Waals surface area contributed by atoms with Gasteiger partial charge in [-0.05, 0) is 48.7 Å². The summed E-state index contributed by atoms with van der Waals surface area (Å²) in [6, 6.07) is 10.6. The van der Waals surface area contributed by atoms with E-state index in [4.69, 9.17) is 13.9 Å². The van der Waals surface area contributed by atoms with Crippen LogP contribution in [0.2, 0.25) is 0 Å². The number of fused-ring (bicyclic) bond motifs is 1. The average Bonchev–Trinajstić information content (AvgIpc) is 3.27. The van der Waals surface area contributed by atoms with Crippen molar-refractivity contribution in [2.45, 2.75) is 58.5 Å². The molecule has 0 amide bonds. The lowest BCUT2D eigenvalue weighted by molar-refractivity contribution is -0.274. The van der Waals surface area contributed by atoms with Crippen molar-refractivity contribution in [3.8, 4) is 22.8 Å². The lowest BCUT2D eigenvalue weighted by atomic mass is 9.88. The molecule has 0 spiro atoms. The van der Waals surface area contributed by atoms with E-state index in [1.54, 1.807) is 12.1 Å². The minimum Gasteiger partial charge on any atom is -0.493 e. The van der Waals surface area contributed by atoms with Crippen LogP contribution in [0, 0.1) is 5.41 Å². The third-order valence-electron chi connectivity index (χ3n) is 6.04. The van der Waals surface area contributed by atoms with E-state index in [1.165, 1.54) is 37.3 Å². The van der Waals surface area contributed by atoms with Gasteiger partial charge in [-0.1, -0.05) is 39.3 Å². The molecule has 1 aromatic heterocycles. The number of hydrogen-bond acceptors (Lipinski definition) is 5. The smallest absolute Gasteiger partial charge is 0.493 e. The van der Waals surface area contributed by atoms with Crippen molar-refractivity contribution in [1.29, 1.82) is 0 Å². The van der Waals surface area contributed by atoms with Gasteiger partial charge in [-0.25, -0.2) is 4.79 Å². The van der Waals surface area contributed by atoms with Gasteiger partial charge < -0.3 is 18.6 Å². The summed E-state index contributed by atoms with van der Waals surface area (Å²) >= 11 is 0. The van der Waals surface area contributed by atoms with E-state index < -0.39 is 49.3 Å². The molecule has 0 aliphatic rings. The van der Waals surface area contributed by atoms with Gasteiger partial charge in [0.15, 0.2) is 0 Å². The number of benzene rings is 2. The van der Waals surface area contributed by atoms with Gasteiger partial charge in [0.1, 0.15) is 29.4 Å². The largest absolute Gasteiger partial charge is 0.573 e. The van der Waals surface area contributed by atoms with Crippen LogP contribution in [0.5, 0.6) is 11.5 Å². The quantitative estimate of drug-likeness (QED) is 0.0887. The third kappa shape index (κ3) is 9.24. The molecule has 3 aromatic rings. The fraction of sp³-hybridized carbons (Fsp3) is 0.414. The highest BCUT2D eigenvalue weighted by Gasteiger charge is 2.41. The number of hydrogen-bond donors (Lipinski definition) is 0. The van der Waals surface area contributed by atoms with Gasteiger partial charge >= 0.3 is 18.5 Å². The molecule has 1 atom stereocenters. The van der Waals surface area contributed by atoms with Crippen LogP contribution in [0.1, 0.15) is 45.1 Å². The number of halogens is 6. The summed E-state index contributed by atoms with van der Waals surface area (Å²) in [7, 11) is 0. The van der Waals surface area contributed by atoms with Crippen LogP contribution in [0.15, 0.2) is 59.5 Å². The van der Waals surface area contributed by atoms with Gasteiger partial charge in [0.2, 0.25) is 0 Å². The second-order valence-electron chi connectivity index (χ2n) is 9.85. The number of carbonyl (C=O) groups is 1. The molecule has 11 heteroatoms. The Morgan fingerprint density at radius 2 is 1.75 bits per heavy atom. The van der Waals surface area contributed by atoms with Crippen LogP contribution in [0.4, 0.5) is 26.3 Å². The number of rotatable bonds is 13. The Morgan fingerprint density at radius 1 is 1.00 bits per heavy atom. The lowest BCUT2D eigenvalue weighted by Gasteiger charge is -2.29. The number of aryl methyl sites for hydroxylation is 1. The molecule has 0 radical (unpaired) electrons. The van der Waals surface area contributed by atoms with E-state index in [0.29, 0.717) is 17.4 Å². The van der Waals surface area contributed by atoms with Crippen LogP contribution < -0.4 is 9.47 Å². The molecule has 3 rings (SSSR count). The number of carbonyl (C=O) groups excluding carboxylic acids is 1. The van der Waals surface area contributed by atoms with E-state index >= 15 is 0 Å². The lowest BCUT2D eigenvalue weighted by Crippen LogP contribution is -2.36. The summed E-state index contributed by atoms with van der Waals surface area (Å²) in [4.78, 5) is 11.4. The van der Waals surface area contributed by atoms with Crippen LogP contribution in [-0.2, 0) is 16.0 Å². The molecular formula is C29H30F6O5. The van der Waals surface area contributed by atoms with E-state index in [1.807, 2.05) is 6.92 Å². The maximum Gasteiger partial charge on any atom is 0.573 e. The molecule has 218 valence electrons. The van der Waals surface area contributed by atoms with Crippen LogP contribution in [0.25, 0.3) is 22.3 Å². The first-order valence-corrected chi connectivity index (χ1v) is 12.6. The Kier molecular flexibility index (Phi) is 9.81. The van der Waals surface area contributed by atoms with Crippen LogP contribution in [0.3, 0.4) is 0 Å². The SMILES string of the molecule is C=CC(=O)OCC(C)(COc1ccc2cc(-c3ccc(CCCCC)cc3OC(F)(F)F)oc2c1)CC(F)(F)F. The predicted octanol–water partition coefficient (Wildman–Crippen LogP) is 8.80. The van der Waals surface area contributed by atoms with Crippen LogP contribution in [-0.4, -0.2) is 31.7 Å². The van der Waals surface area contributed by atoms with Gasteiger partial charge in [-0.2, -0.15) is 13.2 Å². The van der Waals surface area contributed by atoms with Crippen molar-refractivity contribution in [1.82, 2.24) is 0 Å². The monoisotopic (exact) mass is 572 g/mol. The highest BCUT2D eigenvalue weighted by molar-refractivity contribution is 5.85. The maximum atomic E-state index is 13.2. The summed E-state index contributed by atoms with van der Waals surface area (Å²) in [5.41, 5.74) is -0.558. The third-order valence-corrected chi connectivity index (χ3v) is 6.04. The summed E-state index contributed by atoms with van der Waals surface area (Å²) in [5.74, 6) is -0.977. The topological polar surface area (TPSA) is 57.9 Å². The fourth-order valence-corrected chi connectivity index (χ4v) is 4.14. The number of alkyl halides is 6. The average molecular weight is 573 g/mol. The molecule has 0 bridgehead atoms. The second-order valence-corrected chi connectivity index (χ2v) is 9.85. The molecule has 1 heterocycles. The van der Waals surface area contributed by atoms with Crippen LogP contribution >= 0.6 is 0 Å². The molecule has 0 saturated heterocycles. The predicted molar refractivity (Wildman–Crippen MR) is 137 cm³/mol. The van der Waals surface area contributed by atoms with Crippen molar-refractivity contribution < 1.29 is 49.8 Å². The van der Waals surface area contributed by atoms with Crippen molar-refractivity contribution in [2.75, 3.05) is 13.2 Å². The van der Waals surface area contributed by atoms with Gasteiger partial charge in [0.05, 0.1) is 18.6 Å². The highest BCUT2D eigenvalue weighted by Crippen LogP contribution is 2.39. The van der Waals surface area contributed by atoms with Gasteiger partial charge in [-0.15, -0.1) is 13.2 Å². The Balaban J connectivity index is 1.85. The number of furan rings is 1. The number of unbranched alkanes of at least 4 members (excludes halogenated alkanes) is 2. The first-order chi connectivity index (χ1) is 18.7. The molecule has 2 aromatic carbocycles. The van der Waals surface area contributed by atoms with Gasteiger partial charge in [-0.3, -0.25) is 0 Å². The summed E-state index contributed by atoms with van der Waals surface area (Å²) in [6.45, 7) is 5.52. The molecule has 0 aliphatic carbocycles. The molecular weight excluding hydrogens is 542 g/mol. The molecule has 0 saturated carbocycles. The zero-order chi connectivity index (χ0) is 29.6. The zero-order valence-electron chi connectivity index (χ0n) is 22.1. The Hall–Kier alpha value is -3.63. The van der Waals surface area contributed by atoms with E-state index in [-0.39, 0.29) is 22.7 Å². The van der Waals surface area contributed by atoms with E-state index in [0.717, 1.165) is 25.3 Å². The minimum atomic E-state index is -4.91. The molecule has 5 nitrogen and oxygen atoms in total. The Labute approximate surface area is 227 Å². The van der Waals surface area contributed by atoms with Gasteiger partial charge in [0, 0.05) is 22.9 Å². The summed E-state index contributed by atoms with van der Waals surface area (Å²) in [5, 5.41) is 0.533. The zero-order valence-corrected chi connectivity index (χ0v) is 22.1. The second kappa shape index (κ2) is 12.7. The number of esters is 1. The number of ether oxygens (including phenoxy) is 3. The summed E-state index contributed by atoms with van der Waals surface area (Å²) in [6.07, 6.45) is -6.53. The van der Waals surface area contributed by atoms with Crippen molar-refractivity contribution in [3.05, 3.63) is 60.7 Å². The molecule has 40 heavy (non-hydrogen) atoms. The Morgan fingerprint density at radius 3 is 2.40 bits per heavy atom. The van der Waals surface area contributed by atoms with Crippen molar-refractivity contribution in [2.24, 2.45) is 5.41 Å². The normalized spacial score (nSPS) is 13.6. The summed E-state index contributed by atoms with van der Waals surface area (Å²) < 4.78 is 99.6.